The summed E-state index contributed by atoms with van der Waals surface area (Å²) in [5.74, 6) is 0.151. The number of anilines is 1. The van der Waals surface area contributed by atoms with Crippen molar-refractivity contribution in [2.45, 2.75) is 38.5 Å². The zero-order valence-electron chi connectivity index (χ0n) is 13.7. The Morgan fingerprint density at radius 2 is 1.79 bits per heavy atom. The van der Waals surface area contributed by atoms with E-state index in [9.17, 15) is 9.59 Å². The molecule has 1 saturated carbocycles. The maximum absolute atomic E-state index is 12.7. The first-order valence-electron chi connectivity index (χ1n) is 8.64. The summed E-state index contributed by atoms with van der Waals surface area (Å²) in [5, 5.41) is 5.98. The third kappa shape index (κ3) is 4.54. The van der Waals surface area contributed by atoms with Crippen LogP contribution in [-0.2, 0) is 4.79 Å². The summed E-state index contributed by atoms with van der Waals surface area (Å²) in [5.41, 5.74) is 1.37. The fraction of sp³-hybridized carbons (Fsp3) is 0.500. The lowest BCUT2D eigenvalue weighted by Gasteiger charge is -2.20. The predicted octanol–water partition coefficient (Wildman–Crippen LogP) is 2.93. The lowest BCUT2D eigenvalue weighted by Crippen LogP contribution is -2.35. The molecule has 1 aromatic carbocycles. The monoisotopic (exact) mass is 345 g/mol. The molecule has 2 fully saturated rings. The molecule has 0 atom stereocenters. The summed E-state index contributed by atoms with van der Waals surface area (Å²) in [4.78, 5) is 26.3. The molecule has 2 amide bonds. The van der Waals surface area contributed by atoms with Gasteiger partial charge in [0.2, 0.25) is 5.91 Å². The molecule has 0 spiro atoms. The van der Waals surface area contributed by atoms with Gasteiger partial charge in [-0.15, -0.1) is 0 Å². The summed E-state index contributed by atoms with van der Waals surface area (Å²) in [6.45, 7) is 1.65. The molecule has 5 nitrogen and oxygen atoms in total. The van der Waals surface area contributed by atoms with Gasteiger partial charge in [-0.3, -0.25) is 9.59 Å². The van der Waals surface area contributed by atoms with E-state index in [1.165, 1.54) is 12.8 Å². The molecular formula is C18H23N3O2S. The molecule has 2 N–H and O–H groups in total. The van der Waals surface area contributed by atoms with Gasteiger partial charge in [0.15, 0.2) is 5.11 Å². The van der Waals surface area contributed by atoms with Crippen LogP contribution in [-0.4, -0.2) is 34.9 Å². The number of nitrogens with one attached hydrogen (secondary N) is 2. The first-order valence-corrected chi connectivity index (χ1v) is 9.05. The van der Waals surface area contributed by atoms with Crippen molar-refractivity contribution in [3.05, 3.63) is 29.8 Å². The van der Waals surface area contributed by atoms with Crippen LogP contribution in [0.1, 0.15) is 48.9 Å². The molecule has 1 aliphatic heterocycles. The summed E-state index contributed by atoms with van der Waals surface area (Å²) in [6, 6.07) is 7.29. The SMILES string of the molecule is O=C(NC(=S)Nc1cccc(C(=O)N2CCCCCC2)c1)C1CC1. The van der Waals surface area contributed by atoms with E-state index in [1.54, 1.807) is 6.07 Å². The predicted molar refractivity (Wildman–Crippen MR) is 97.9 cm³/mol. The number of hydrogen-bond acceptors (Lipinski definition) is 3. The summed E-state index contributed by atoms with van der Waals surface area (Å²) >= 11 is 5.17. The summed E-state index contributed by atoms with van der Waals surface area (Å²) in [6.07, 6.45) is 6.41. The number of carbonyl (C=O) groups is 2. The minimum Gasteiger partial charge on any atom is -0.339 e. The summed E-state index contributed by atoms with van der Waals surface area (Å²) in [7, 11) is 0. The van der Waals surface area contributed by atoms with Gasteiger partial charge in [0, 0.05) is 30.3 Å². The molecule has 1 aromatic rings. The Morgan fingerprint density at radius 1 is 1.08 bits per heavy atom. The van der Waals surface area contributed by atoms with Crippen molar-refractivity contribution in [3.8, 4) is 0 Å². The van der Waals surface area contributed by atoms with E-state index in [-0.39, 0.29) is 22.8 Å². The van der Waals surface area contributed by atoms with Crippen LogP contribution < -0.4 is 10.6 Å². The van der Waals surface area contributed by atoms with E-state index >= 15 is 0 Å². The number of likely N-dealkylation sites (tertiary alicyclic amines) is 1. The maximum atomic E-state index is 12.7. The van der Waals surface area contributed by atoms with Crippen molar-refractivity contribution in [1.82, 2.24) is 10.2 Å². The number of carbonyl (C=O) groups excluding carboxylic acids is 2. The molecule has 2 aliphatic rings. The molecule has 1 heterocycles. The topological polar surface area (TPSA) is 61.4 Å². The molecule has 3 rings (SSSR count). The van der Waals surface area contributed by atoms with Gasteiger partial charge in [-0.05, 0) is 56.1 Å². The Balaban J connectivity index is 1.61. The molecule has 1 saturated heterocycles. The maximum Gasteiger partial charge on any atom is 0.253 e. The first kappa shape index (κ1) is 16.9. The number of rotatable bonds is 3. The van der Waals surface area contributed by atoms with E-state index in [0.717, 1.165) is 44.5 Å². The zero-order chi connectivity index (χ0) is 16.9. The van der Waals surface area contributed by atoms with Crippen LogP contribution >= 0.6 is 12.2 Å². The van der Waals surface area contributed by atoms with Gasteiger partial charge in [0.1, 0.15) is 0 Å². The average Bonchev–Trinajstić information content (AvgIpc) is 3.41. The molecule has 0 unspecified atom stereocenters. The average molecular weight is 345 g/mol. The van der Waals surface area contributed by atoms with Crippen molar-refractivity contribution in [1.29, 1.82) is 0 Å². The molecular weight excluding hydrogens is 322 g/mol. The molecule has 0 bridgehead atoms. The minimum atomic E-state index is -0.0238. The Bertz CT molecular complexity index is 635. The van der Waals surface area contributed by atoms with Crippen LogP contribution in [0.15, 0.2) is 24.3 Å². The van der Waals surface area contributed by atoms with Crippen LogP contribution in [0.25, 0.3) is 0 Å². The highest BCUT2D eigenvalue weighted by molar-refractivity contribution is 7.80. The number of thiocarbonyl (C=S) groups is 1. The smallest absolute Gasteiger partial charge is 0.253 e. The highest BCUT2D eigenvalue weighted by Crippen LogP contribution is 2.28. The summed E-state index contributed by atoms with van der Waals surface area (Å²) < 4.78 is 0. The second kappa shape index (κ2) is 7.75. The van der Waals surface area contributed by atoms with E-state index in [0.29, 0.717) is 5.56 Å². The number of amides is 2. The first-order chi connectivity index (χ1) is 11.6. The largest absolute Gasteiger partial charge is 0.339 e. The molecule has 24 heavy (non-hydrogen) atoms. The second-order valence-electron chi connectivity index (χ2n) is 6.50. The van der Waals surface area contributed by atoms with Crippen molar-refractivity contribution < 1.29 is 9.59 Å². The van der Waals surface area contributed by atoms with Crippen molar-refractivity contribution in [3.63, 3.8) is 0 Å². The van der Waals surface area contributed by atoms with E-state index < -0.39 is 0 Å². The second-order valence-corrected chi connectivity index (χ2v) is 6.91. The number of hydrogen-bond donors (Lipinski definition) is 2. The van der Waals surface area contributed by atoms with Crippen molar-refractivity contribution >= 4 is 34.8 Å². The van der Waals surface area contributed by atoms with E-state index in [4.69, 9.17) is 12.2 Å². The van der Waals surface area contributed by atoms with Crippen LogP contribution in [0.4, 0.5) is 5.69 Å². The fourth-order valence-corrected chi connectivity index (χ4v) is 3.13. The lowest BCUT2D eigenvalue weighted by atomic mass is 10.1. The van der Waals surface area contributed by atoms with Gasteiger partial charge in [-0.1, -0.05) is 18.9 Å². The Labute approximate surface area is 147 Å². The van der Waals surface area contributed by atoms with Gasteiger partial charge < -0.3 is 15.5 Å². The van der Waals surface area contributed by atoms with Crippen LogP contribution in [0.2, 0.25) is 0 Å². The minimum absolute atomic E-state index is 0.0238. The highest BCUT2D eigenvalue weighted by Gasteiger charge is 2.30. The molecule has 6 heteroatoms. The standard InChI is InChI=1S/C18H23N3O2S/c22-16(13-8-9-13)20-18(24)19-15-7-5-6-14(12-15)17(23)21-10-3-1-2-4-11-21/h5-7,12-13H,1-4,8-11H2,(H2,19,20,22,24). The lowest BCUT2D eigenvalue weighted by molar-refractivity contribution is -0.120. The van der Waals surface area contributed by atoms with Gasteiger partial charge in [0.05, 0.1) is 0 Å². The Kier molecular flexibility index (Phi) is 5.45. The highest BCUT2D eigenvalue weighted by atomic mass is 32.1. The number of benzene rings is 1. The van der Waals surface area contributed by atoms with Crippen LogP contribution in [0.3, 0.4) is 0 Å². The van der Waals surface area contributed by atoms with Gasteiger partial charge in [-0.25, -0.2) is 0 Å². The fourth-order valence-electron chi connectivity index (χ4n) is 2.91. The van der Waals surface area contributed by atoms with Crippen molar-refractivity contribution in [2.24, 2.45) is 5.92 Å². The van der Waals surface area contributed by atoms with Gasteiger partial charge in [0.25, 0.3) is 5.91 Å². The third-order valence-electron chi connectivity index (χ3n) is 4.45. The quantitative estimate of drug-likeness (QED) is 0.827. The van der Waals surface area contributed by atoms with Gasteiger partial charge >= 0.3 is 0 Å². The van der Waals surface area contributed by atoms with Crippen molar-refractivity contribution in [2.75, 3.05) is 18.4 Å². The zero-order valence-corrected chi connectivity index (χ0v) is 14.5. The molecule has 0 aromatic heterocycles. The Morgan fingerprint density at radius 3 is 2.46 bits per heavy atom. The Hall–Kier alpha value is -1.95. The molecule has 128 valence electrons. The normalized spacial score (nSPS) is 17.8. The number of nitrogens with zero attached hydrogens (tertiary/aromatic N) is 1. The molecule has 0 radical (unpaired) electrons. The van der Waals surface area contributed by atoms with Gasteiger partial charge in [-0.2, -0.15) is 0 Å². The third-order valence-corrected chi connectivity index (χ3v) is 4.65. The van der Waals surface area contributed by atoms with E-state index in [1.807, 2.05) is 23.1 Å². The van der Waals surface area contributed by atoms with Crippen LogP contribution in [0, 0.1) is 5.92 Å². The molecule has 1 aliphatic carbocycles. The van der Waals surface area contributed by atoms with Crippen LogP contribution in [0.5, 0.6) is 0 Å². The van der Waals surface area contributed by atoms with E-state index in [2.05, 4.69) is 10.6 Å².